The first-order valence-electron chi connectivity index (χ1n) is 3.80. The fourth-order valence-electron chi connectivity index (χ4n) is 0.962. The average Bonchev–Trinajstić information content (AvgIpc) is 2.08. The van der Waals surface area contributed by atoms with Gasteiger partial charge in [0.2, 0.25) is 0 Å². The summed E-state index contributed by atoms with van der Waals surface area (Å²) in [7, 11) is 0. The number of rotatable bonds is 1. The molecule has 0 spiro atoms. The number of aromatic amines is 1. The Labute approximate surface area is 75.4 Å². The summed E-state index contributed by atoms with van der Waals surface area (Å²) in [4.78, 5) is 13.6. The van der Waals surface area contributed by atoms with E-state index in [4.69, 9.17) is 0 Å². The third kappa shape index (κ3) is 1.69. The second kappa shape index (κ2) is 3.31. The lowest BCUT2D eigenvalue weighted by atomic mass is 10.2. The van der Waals surface area contributed by atoms with E-state index in [0.29, 0.717) is 10.8 Å². The molecule has 0 radical (unpaired) electrons. The average molecular weight is 177 g/mol. The second-order valence-corrected chi connectivity index (χ2v) is 2.83. The van der Waals surface area contributed by atoms with E-state index in [1.54, 1.807) is 13.0 Å². The number of aromatic nitrogens is 1. The minimum absolute atomic E-state index is 0.0103. The van der Waals surface area contributed by atoms with Crippen molar-refractivity contribution in [3.05, 3.63) is 45.2 Å². The molecule has 0 saturated heterocycles. The van der Waals surface area contributed by atoms with Gasteiger partial charge in [0, 0.05) is 16.6 Å². The minimum Gasteiger partial charge on any atom is -0.507 e. The molecule has 0 aliphatic heterocycles. The van der Waals surface area contributed by atoms with Crippen LogP contribution in [0.2, 0.25) is 0 Å². The highest BCUT2D eigenvalue weighted by atomic mass is 16.3. The van der Waals surface area contributed by atoms with Gasteiger partial charge < -0.3 is 10.1 Å². The van der Waals surface area contributed by atoms with E-state index < -0.39 is 0 Å². The van der Waals surface area contributed by atoms with Gasteiger partial charge in [-0.15, -0.1) is 0 Å². The van der Waals surface area contributed by atoms with E-state index in [2.05, 4.69) is 18.1 Å². The number of aliphatic hydroxyl groups excluding tert-OH is 1. The van der Waals surface area contributed by atoms with E-state index in [0.717, 1.165) is 0 Å². The molecule has 1 aromatic rings. The molecule has 1 aromatic heterocycles. The Bertz CT molecular complexity index is 496. The first kappa shape index (κ1) is 9.32. The Morgan fingerprint density at radius 2 is 2.23 bits per heavy atom. The summed E-state index contributed by atoms with van der Waals surface area (Å²) in [6.45, 7) is 8.80. The van der Waals surface area contributed by atoms with Crippen LogP contribution in [0.3, 0.4) is 0 Å². The Morgan fingerprint density at radius 1 is 1.62 bits per heavy atom. The van der Waals surface area contributed by atoms with Crippen molar-refractivity contribution in [2.24, 2.45) is 0 Å². The molecule has 68 valence electrons. The van der Waals surface area contributed by atoms with E-state index in [1.807, 2.05) is 0 Å². The van der Waals surface area contributed by atoms with Crippen molar-refractivity contribution in [1.29, 1.82) is 0 Å². The van der Waals surface area contributed by atoms with Gasteiger partial charge in [-0.2, -0.15) is 0 Å². The maximum Gasteiger partial charge on any atom is 0.255 e. The normalized spacial score (nSPS) is 12.4. The Kier molecular flexibility index (Phi) is 2.37. The Morgan fingerprint density at radius 3 is 2.77 bits per heavy atom. The zero-order chi connectivity index (χ0) is 10.0. The summed E-state index contributed by atoms with van der Waals surface area (Å²) in [6, 6.07) is 1.59. The Balaban J connectivity index is 3.76. The molecule has 0 saturated carbocycles. The number of hydrogen-bond donors (Lipinski definition) is 2. The standard InChI is InChI=1S/C10H11NO2/c1-6(2)9(12)8-4-5-11-10(13)7(8)3/h4-5,12H,1,3H2,2H3,(H,11,13)/b9-8+. The van der Waals surface area contributed by atoms with Crippen LogP contribution in [0.15, 0.2) is 29.2 Å². The molecule has 0 atom stereocenters. The number of pyridine rings is 1. The van der Waals surface area contributed by atoms with Gasteiger partial charge in [-0.3, -0.25) is 4.79 Å². The van der Waals surface area contributed by atoms with Gasteiger partial charge in [-0.25, -0.2) is 0 Å². The van der Waals surface area contributed by atoms with Crippen LogP contribution in [-0.2, 0) is 0 Å². The molecule has 0 bridgehead atoms. The molecular weight excluding hydrogens is 166 g/mol. The van der Waals surface area contributed by atoms with Crippen molar-refractivity contribution in [2.75, 3.05) is 0 Å². The largest absolute Gasteiger partial charge is 0.507 e. The van der Waals surface area contributed by atoms with Crippen LogP contribution < -0.4 is 16.0 Å². The van der Waals surface area contributed by atoms with Gasteiger partial charge >= 0.3 is 0 Å². The summed E-state index contributed by atoms with van der Waals surface area (Å²) in [5.74, 6) is 0.0103. The second-order valence-electron chi connectivity index (χ2n) is 2.83. The van der Waals surface area contributed by atoms with E-state index in [9.17, 15) is 9.90 Å². The third-order valence-corrected chi connectivity index (χ3v) is 1.72. The number of nitrogens with one attached hydrogen (secondary N) is 1. The molecule has 0 aromatic carbocycles. The molecule has 1 rings (SSSR count). The van der Waals surface area contributed by atoms with E-state index in [-0.39, 0.29) is 16.5 Å². The molecule has 3 heteroatoms. The predicted molar refractivity (Wildman–Crippen MR) is 52.7 cm³/mol. The van der Waals surface area contributed by atoms with Crippen molar-refractivity contribution in [3.8, 4) is 0 Å². The summed E-state index contributed by atoms with van der Waals surface area (Å²) in [5.41, 5.74) is 0.209. The molecule has 0 aliphatic rings. The summed E-state index contributed by atoms with van der Waals surface area (Å²) in [5, 5.41) is 10.2. The van der Waals surface area contributed by atoms with Crippen molar-refractivity contribution in [2.45, 2.75) is 6.92 Å². The third-order valence-electron chi connectivity index (χ3n) is 1.72. The first-order chi connectivity index (χ1) is 6.04. The van der Waals surface area contributed by atoms with Crippen LogP contribution in [0, 0.1) is 0 Å². The maximum atomic E-state index is 11.1. The summed E-state index contributed by atoms with van der Waals surface area (Å²) < 4.78 is 0. The smallest absolute Gasteiger partial charge is 0.255 e. The molecular formula is C10H11NO2. The SMILES string of the molecule is C=C(C)/C(O)=c1/cc[nH]c(=O)c1=C. The molecule has 0 unspecified atom stereocenters. The molecule has 0 amide bonds. The van der Waals surface area contributed by atoms with Gasteiger partial charge in [0.15, 0.2) is 0 Å². The van der Waals surface area contributed by atoms with Crippen molar-refractivity contribution < 1.29 is 5.11 Å². The molecule has 13 heavy (non-hydrogen) atoms. The van der Waals surface area contributed by atoms with Crippen LogP contribution in [0.4, 0.5) is 0 Å². The maximum absolute atomic E-state index is 11.1. The van der Waals surface area contributed by atoms with Crippen LogP contribution in [0.5, 0.6) is 0 Å². The molecule has 3 nitrogen and oxygen atoms in total. The highest BCUT2D eigenvalue weighted by molar-refractivity contribution is 5.53. The van der Waals surface area contributed by atoms with Gasteiger partial charge in [-0.1, -0.05) is 13.2 Å². The highest BCUT2D eigenvalue weighted by Gasteiger charge is 1.97. The fraction of sp³-hybridized carbons (Fsp3) is 0.100. The lowest BCUT2D eigenvalue weighted by Gasteiger charge is -1.96. The molecule has 0 aliphatic carbocycles. The lowest BCUT2D eigenvalue weighted by Crippen LogP contribution is -2.40. The number of H-pyrrole nitrogens is 1. The molecule has 0 fully saturated rings. The van der Waals surface area contributed by atoms with Crippen molar-refractivity contribution in [1.82, 2.24) is 4.98 Å². The lowest BCUT2D eigenvalue weighted by molar-refractivity contribution is 0.505. The summed E-state index contributed by atoms with van der Waals surface area (Å²) >= 11 is 0. The topological polar surface area (TPSA) is 53.1 Å². The minimum atomic E-state index is -0.301. The Hall–Kier alpha value is -1.77. The van der Waals surface area contributed by atoms with E-state index >= 15 is 0 Å². The van der Waals surface area contributed by atoms with E-state index in [1.165, 1.54) is 6.20 Å². The van der Waals surface area contributed by atoms with Crippen LogP contribution in [-0.4, -0.2) is 10.1 Å². The van der Waals surface area contributed by atoms with Crippen LogP contribution in [0.1, 0.15) is 6.92 Å². The van der Waals surface area contributed by atoms with Crippen LogP contribution in [0.25, 0.3) is 12.3 Å². The van der Waals surface area contributed by atoms with Gasteiger partial charge in [0.1, 0.15) is 5.76 Å². The van der Waals surface area contributed by atoms with Gasteiger partial charge in [0.25, 0.3) is 5.56 Å². The zero-order valence-corrected chi connectivity index (χ0v) is 7.42. The summed E-state index contributed by atoms with van der Waals surface area (Å²) in [6.07, 6.45) is 1.46. The molecule has 1 heterocycles. The number of aliphatic hydroxyl groups is 1. The van der Waals surface area contributed by atoms with Crippen molar-refractivity contribution >= 4 is 12.3 Å². The molecule has 2 N–H and O–H groups in total. The van der Waals surface area contributed by atoms with Crippen LogP contribution >= 0.6 is 0 Å². The van der Waals surface area contributed by atoms with Gasteiger partial charge in [0.05, 0.1) is 0 Å². The fourth-order valence-corrected chi connectivity index (χ4v) is 0.962. The number of hydrogen-bond acceptors (Lipinski definition) is 2. The van der Waals surface area contributed by atoms with Crippen molar-refractivity contribution in [3.63, 3.8) is 0 Å². The highest BCUT2D eigenvalue weighted by Crippen LogP contribution is 1.97. The quantitative estimate of drug-likeness (QED) is 0.635. The predicted octanol–water partition coefficient (Wildman–Crippen LogP) is 0.0275. The first-order valence-corrected chi connectivity index (χ1v) is 3.80. The van der Waals surface area contributed by atoms with Gasteiger partial charge in [-0.05, 0) is 18.6 Å². The zero-order valence-electron chi connectivity index (χ0n) is 7.42. The monoisotopic (exact) mass is 177 g/mol.